The highest BCUT2D eigenvalue weighted by atomic mass is 15.1. The maximum Gasteiger partial charge on any atom is 0.143 e. The summed E-state index contributed by atoms with van der Waals surface area (Å²) in [5, 5.41) is 3.58. The number of hydrogen-bond acceptors (Lipinski definition) is 3. The minimum atomic E-state index is 0.932. The van der Waals surface area contributed by atoms with Crippen LogP contribution in [-0.4, -0.2) is 23.5 Å². The Hall–Kier alpha value is -3.27. The number of anilines is 3. The lowest BCUT2D eigenvalue weighted by atomic mass is 10.1. The van der Waals surface area contributed by atoms with E-state index in [2.05, 4.69) is 95.3 Å². The van der Waals surface area contributed by atoms with Crippen LogP contribution in [0.3, 0.4) is 0 Å². The third-order valence-corrected chi connectivity index (χ3v) is 4.74. The third kappa shape index (κ3) is 3.38. The van der Waals surface area contributed by atoms with Crippen molar-refractivity contribution in [2.75, 3.05) is 24.3 Å². The molecule has 0 spiro atoms. The molecule has 0 bridgehead atoms. The Morgan fingerprint density at radius 2 is 1.48 bits per heavy atom. The van der Waals surface area contributed by atoms with E-state index >= 15 is 0 Å². The van der Waals surface area contributed by atoms with Crippen LogP contribution in [0.25, 0.3) is 16.9 Å². The summed E-state index contributed by atoms with van der Waals surface area (Å²) in [6.07, 6.45) is 2.12. The topological polar surface area (TPSA) is 32.6 Å². The second-order valence-electron chi connectivity index (χ2n) is 7.18. The minimum Gasteiger partial charge on any atom is -0.378 e. The van der Waals surface area contributed by atoms with Gasteiger partial charge in [0, 0.05) is 37.2 Å². The van der Waals surface area contributed by atoms with Crippen LogP contribution in [-0.2, 0) is 0 Å². The molecule has 0 atom stereocenters. The van der Waals surface area contributed by atoms with Crippen molar-refractivity contribution in [1.29, 1.82) is 0 Å². The first-order chi connectivity index (χ1) is 13.0. The zero-order valence-electron chi connectivity index (χ0n) is 16.2. The maximum atomic E-state index is 4.90. The molecule has 4 heteroatoms. The van der Waals surface area contributed by atoms with E-state index in [0.29, 0.717) is 0 Å². The van der Waals surface area contributed by atoms with E-state index in [0.717, 1.165) is 28.4 Å². The van der Waals surface area contributed by atoms with Crippen LogP contribution in [0, 0.1) is 13.8 Å². The Labute approximate surface area is 160 Å². The minimum absolute atomic E-state index is 0.932. The Kier molecular flexibility index (Phi) is 4.32. The molecule has 0 fully saturated rings. The van der Waals surface area contributed by atoms with Crippen LogP contribution < -0.4 is 10.2 Å². The monoisotopic (exact) mass is 356 g/mol. The van der Waals surface area contributed by atoms with Crippen LogP contribution in [0.15, 0.2) is 66.9 Å². The molecule has 0 aliphatic heterocycles. The second-order valence-corrected chi connectivity index (χ2v) is 7.18. The summed E-state index contributed by atoms with van der Waals surface area (Å²) in [6, 6.07) is 21.1. The van der Waals surface area contributed by atoms with Gasteiger partial charge in [0.15, 0.2) is 0 Å². The van der Waals surface area contributed by atoms with Crippen molar-refractivity contribution in [3.8, 4) is 11.3 Å². The predicted octanol–water partition coefficient (Wildman–Crippen LogP) is 5.43. The molecule has 27 heavy (non-hydrogen) atoms. The molecular weight excluding hydrogens is 332 g/mol. The molecule has 0 unspecified atom stereocenters. The molecule has 136 valence electrons. The fourth-order valence-electron chi connectivity index (χ4n) is 3.16. The fraction of sp³-hybridized carbons (Fsp3) is 0.174. The Bertz CT molecular complexity index is 1070. The molecule has 0 saturated heterocycles. The lowest BCUT2D eigenvalue weighted by molar-refractivity contribution is 1.13. The van der Waals surface area contributed by atoms with Gasteiger partial charge in [0.25, 0.3) is 0 Å². The first-order valence-corrected chi connectivity index (χ1v) is 9.11. The summed E-state index contributed by atoms with van der Waals surface area (Å²) >= 11 is 0. The van der Waals surface area contributed by atoms with Crippen molar-refractivity contribution < 1.29 is 0 Å². The number of rotatable bonds is 4. The summed E-state index contributed by atoms with van der Waals surface area (Å²) in [4.78, 5) is 7.00. The lowest BCUT2D eigenvalue weighted by Gasteiger charge is -2.13. The van der Waals surface area contributed by atoms with E-state index in [1.54, 1.807) is 0 Å². The molecule has 2 aromatic heterocycles. The molecule has 0 aliphatic rings. The molecular formula is C23H24N4. The Morgan fingerprint density at radius 3 is 2.15 bits per heavy atom. The van der Waals surface area contributed by atoms with Crippen LogP contribution in [0.5, 0.6) is 0 Å². The highest BCUT2D eigenvalue weighted by molar-refractivity contribution is 5.80. The SMILES string of the molecule is Cc1ccc(Nc2c(-c3ccc(N(C)C)cc3)nc3ccc(C)cn23)cc1. The van der Waals surface area contributed by atoms with Gasteiger partial charge < -0.3 is 10.2 Å². The number of hydrogen-bond donors (Lipinski definition) is 1. The highest BCUT2D eigenvalue weighted by Crippen LogP contribution is 2.32. The van der Waals surface area contributed by atoms with E-state index in [1.165, 1.54) is 16.8 Å². The number of benzene rings is 2. The fourth-order valence-corrected chi connectivity index (χ4v) is 3.16. The van der Waals surface area contributed by atoms with Crippen molar-refractivity contribution in [3.63, 3.8) is 0 Å². The molecule has 0 radical (unpaired) electrons. The molecule has 0 saturated carbocycles. The molecule has 2 heterocycles. The van der Waals surface area contributed by atoms with Gasteiger partial charge in [-0.15, -0.1) is 0 Å². The van der Waals surface area contributed by atoms with Crippen molar-refractivity contribution in [3.05, 3.63) is 78.0 Å². The smallest absolute Gasteiger partial charge is 0.143 e. The summed E-state index contributed by atoms with van der Waals surface area (Å²) in [7, 11) is 4.10. The zero-order chi connectivity index (χ0) is 19.0. The van der Waals surface area contributed by atoms with Gasteiger partial charge in [-0.2, -0.15) is 0 Å². The van der Waals surface area contributed by atoms with E-state index in [-0.39, 0.29) is 0 Å². The Balaban J connectivity index is 1.84. The van der Waals surface area contributed by atoms with Crippen molar-refractivity contribution in [2.45, 2.75) is 13.8 Å². The van der Waals surface area contributed by atoms with Crippen molar-refractivity contribution in [2.24, 2.45) is 0 Å². The van der Waals surface area contributed by atoms with Gasteiger partial charge in [0.1, 0.15) is 17.2 Å². The number of aromatic nitrogens is 2. The predicted molar refractivity (Wildman–Crippen MR) is 114 cm³/mol. The summed E-state index contributed by atoms with van der Waals surface area (Å²) in [5.41, 5.74) is 7.64. The van der Waals surface area contributed by atoms with Crippen molar-refractivity contribution >= 4 is 22.8 Å². The van der Waals surface area contributed by atoms with Gasteiger partial charge >= 0.3 is 0 Å². The maximum absolute atomic E-state index is 4.90. The van der Waals surface area contributed by atoms with Crippen LogP contribution in [0.2, 0.25) is 0 Å². The molecule has 1 N–H and O–H groups in total. The third-order valence-electron chi connectivity index (χ3n) is 4.74. The highest BCUT2D eigenvalue weighted by Gasteiger charge is 2.15. The van der Waals surface area contributed by atoms with Crippen LogP contribution in [0.4, 0.5) is 17.2 Å². The summed E-state index contributed by atoms with van der Waals surface area (Å²) < 4.78 is 2.13. The normalized spacial score (nSPS) is 11.0. The average molecular weight is 356 g/mol. The van der Waals surface area contributed by atoms with E-state index in [4.69, 9.17) is 4.98 Å². The van der Waals surface area contributed by atoms with E-state index < -0.39 is 0 Å². The summed E-state index contributed by atoms with van der Waals surface area (Å²) in [6.45, 7) is 4.19. The number of fused-ring (bicyclic) bond motifs is 1. The van der Waals surface area contributed by atoms with Gasteiger partial charge in [-0.25, -0.2) is 4.98 Å². The summed E-state index contributed by atoms with van der Waals surface area (Å²) in [5.74, 6) is 0.982. The van der Waals surface area contributed by atoms with E-state index in [9.17, 15) is 0 Å². The molecule has 4 rings (SSSR count). The number of nitrogens with one attached hydrogen (secondary N) is 1. The van der Waals surface area contributed by atoms with Crippen LogP contribution in [0.1, 0.15) is 11.1 Å². The molecule has 0 aliphatic carbocycles. The Morgan fingerprint density at radius 1 is 0.815 bits per heavy atom. The number of nitrogens with zero attached hydrogens (tertiary/aromatic N) is 3. The molecule has 4 aromatic rings. The van der Waals surface area contributed by atoms with Crippen LogP contribution >= 0.6 is 0 Å². The van der Waals surface area contributed by atoms with Gasteiger partial charge in [0.05, 0.1) is 0 Å². The first kappa shape index (κ1) is 17.2. The lowest BCUT2D eigenvalue weighted by Crippen LogP contribution is -2.07. The number of imidazole rings is 1. The molecule has 0 amide bonds. The van der Waals surface area contributed by atoms with Gasteiger partial charge in [0.2, 0.25) is 0 Å². The van der Waals surface area contributed by atoms with Gasteiger partial charge in [-0.05, 0) is 49.7 Å². The van der Waals surface area contributed by atoms with Gasteiger partial charge in [-0.3, -0.25) is 4.40 Å². The molecule has 4 nitrogen and oxygen atoms in total. The van der Waals surface area contributed by atoms with Gasteiger partial charge in [-0.1, -0.05) is 35.9 Å². The quantitative estimate of drug-likeness (QED) is 0.529. The standard InChI is InChI=1S/C23H24N4/c1-16-5-10-19(11-6-16)24-23-22(18-8-12-20(13-9-18)26(3)4)25-21-14-7-17(2)15-27(21)23/h5-15,24H,1-4H3. The van der Waals surface area contributed by atoms with E-state index in [1.807, 2.05) is 14.1 Å². The number of pyridine rings is 1. The average Bonchev–Trinajstić information content (AvgIpc) is 3.01. The first-order valence-electron chi connectivity index (χ1n) is 9.11. The van der Waals surface area contributed by atoms with Crippen molar-refractivity contribution in [1.82, 2.24) is 9.38 Å². The largest absolute Gasteiger partial charge is 0.378 e. The second kappa shape index (κ2) is 6.80. The zero-order valence-corrected chi connectivity index (χ0v) is 16.2. The molecule has 2 aromatic carbocycles. The number of aryl methyl sites for hydroxylation is 2.